The van der Waals surface area contributed by atoms with Crippen LogP contribution >= 0.6 is 0 Å². The summed E-state index contributed by atoms with van der Waals surface area (Å²) in [5, 5.41) is 0. The standard InChI is InChI=1S/C38H40O6/c1-37(2,27-8-14-31(15-9-27)39-20-34-23-42-34)26-4-6-28(7-5-26)38(3,29-10-16-32(17-11-29)40-21-35-24-43-35)30-12-18-33(19-13-30)41-22-36-25-44-36/h4-19,34-36H,20-25H2,1-3H3/t34?,35-,36?,38+/m0/s1. The van der Waals surface area contributed by atoms with Crippen LogP contribution in [0.4, 0.5) is 0 Å². The molecule has 0 bridgehead atoms. The highest BCUT2D eigenvalue weighted by Crippen LogP contribution is 2.41. The van der Waals surface area contributed by atoms with Crippen molar-refractivity contribution in [2.45, 2.75) is 49.9 Å². The van der Waals surface area contributed by atoms with Gasteiger partial charge in [0, 0.05) is 10.8 Å². The maximum atomic E-state index is 5.94. The summed E-state index contributed by atoms with van der Waals surface area (Å²) >= 11 is 0. The number of epoxide rings is 3. The lowest BCUT2D eigenvalue weighted by Gasteiger charge is -2.33. The maximum absolute atomic E-state index is 5.94. The molecule has 4 aromatic carbocycles. The van der Waals surface area contributed by atoms with E-state index in [1.807, 2.05) is 0 Å². The molecule has 44 heavy (non-hydrogen) atoms. The van der Waals surface area contributed by atoms with Crippen molar-refractivity contribution in [2.24, 2.45) is 0 Å². The van der Waals surface area contributed by atoms with E-state index in [9.17, 15) is 0 Å². The van der Waals surface area contributed by atoms with Crippen LogP contribution in [0.15, 0.2) is 97.1 Å². The van der Waals surface area contributed by atoms with E-state index in [1.165, 1.54) is 27.8 Å². The Morgan fingerprint density at radius 2 is 0.705 bits per heavy atom. The molecular formula is C38H40O6. The van der Waals surface area contributed by atoms with Crippen LogP contribution < -0.4 is 14.2 Å². The second-order valence-corrected chi connectivity index (χ2v) is 12.7. The summed E-state index contributed by atoms with van der Waals surface area (Å²) < 4.78 is 33.6. The molecule has 0 aromatic heterocycles. The molecule has 0 amide bonds. The van der Waals surface area contributed by atoms with Gasteiger partial charge in [-0.3, -0.25) is 0 Å². The predicted octanol–water partition coefficient (Wildman–Crippen LogP) is 6.70. The Bertz CT molecular complexity index is 1470. The van der Waals surface area contributed by atoms with Crippen molar-refractivity contribution in [3.8, 4) is 17.2 Å². The minimum Gasteiger partial charge on any atom is -0.491 e. The van der Waals surface area contributed by atoms with Crippen LogP contribution in [0, 0.1) is 0 Å². The topological polar surface area (TPSA) is 65.3 Å². The largest absolute Gasteiger partial charge is 0.491 e. The molecule has 3 heterocycles. The molecule has 4 atom stereocenters. The Labute approximate surface area is 259 Å². The molecule has 3 aliphatic rings. The van der Waals surface area contributed by atoms with Gasteiger partial charge in [-0.25, -0.2) is 0 Å². The fraction of sp³-hybridized carbons (Fsp3) is 0.368. The SMILES string of the molecule is CC(C)(c1ccc(OCC2CO2)cc1)c1ccc([C@@](C)(c2ccc(OCC3CO3)cc2)c2ccc(OC[C@H]3CO3)cc2)cc1. The number of hydrogen-bond donors (Lipinski definition) is 0. The second-order valence-electron chi connectivity index (χ2n) is 12.7. The van der Waals surface area contributed by atoms with E-state index < -0.39 is 5.41 Å². The van der Waals surface area contributed by atoms with Gasteiger partial charge in [0.2, 0.25) is 0 Å². The number of benzene rings is 4. The third-order valence-electron chi connectivity index (χ3n) is 9.14. The first-order valence-electron chi connectivity index (χ1n) is 15.5. The van der Waals surface area contributed by atoms with Crippen LogP contribution in [0.3, 0.4) is 0 Å². The molecule has 0 saturated carbocycles. The molecule has 3 saturated heterocycles. The first kappa shape index (κ1) is 28.9. The average Bonchev–Trinajstić information content (AvgIpc) is 3.91. The van der Waals surface area contributed by atoms with E-state index in [1.54, 1.807) is 0 Å². The third kappa shape index (κ3) is 6.48. The van der Waals surface area contributed by atoms with Crippen molar-refractivity contribution in [1.29, 1.82) is 0 Å². The Kier molecular flexibility index (Phi) is 7.83. The Morgan fingerprint density at radius 1 is 0.455 bits per heavy atom. The monoisotopic (exact) mass is 592 g/mol. The summed E-state index contributed by atoms with van der Waals surface area (Å²) in [4.78, 5) is 0. The molecule has 0 radical (unpaired) electrons. The van der Waals surface area contributed by atoms with E-state index >= 15 is 0 Å². The van der Waals surface area contributed by atoms with Gasteiger partial charge in [-0.1, -0.05) is 74.5 Å². The van der Waals surface area contributed by atoms with Gasteiger partial charge in [0.25, 0.3) is 0 Å². The Balaban J connectivity index is 1.15. The fourth-order valence-corrected chi connectivity index (χ4v) is 5.68. The number of hydrogen-bond acceptors (Lipinski definition) is 6. The zero-order chi connectivity index (χ0) is 30.1. The summed E-state index contributed by atoms with van der Waals surface area (Å²) in [5.41, 5.74) is 5.50. The molecule has 3 fully saturated rings. The van der Waals surface area contributed by atoms with E-state index in [0.29, 0.717) is 19.8 Å². The minimum atomic E-state index is -0.400. The molecule has 0 aliphatic carbocycles. The van der Waals surface area contributed by atoms with Crippen LogP contribution in [0.5, 0.6) is 17.2 Å². The summed E-state index contributed by atoms with van der Waals surface area (Å²) in [6.45, 7) is 11.0. The maximum Gasteiger partial charge on any atom is 0.119 e. The van der Waals surface area contributed by atoms with Crippen molar-refractivity contribution in [3.63, 3.8) is 0 Å². The highest BCUT2D eigenvalue weighted by molar-refractivity contribution is 5.52. The number of ether oxygens (including phenoxy) is 6. The molecular weight excluding hydrogens is 552 g/mol. The summed E-state index contributed by atoms with van der Waals surface area (Å²) in [5.74, 6) is 2.58. The molecule has 6 nitrogen and oxygen atoms in total. The van der Waals surface area contributed by atoms with E-state index in [0.717, 1.165) is 37.1 Å². The van der Waals surface area contributed by atoms with Gasteiger partial charge in [0.15, 0.2) is 0 Å². The van der Waals surface area contributed by atoms with Crippen LogP contribution in [0.25, 0.3) is 0 Å². The Morgan fingerprint density at radius 3 is 1.00 bits per heavy atom. The first-order chi connectivity index (χ1) is 21.4. The smallest absolute Gasteiger partial charge is 0.119 e. The zero-order valence-corrected chi connectivity index (χ0v) is 25.7. The molecule has 3 aliphatic heterocycles. The lowest BCUT2D eigenvalue weighted by molar-refractivity contribution is 0.263. The summed E-state index contributed by atoms with van der Waals surface area (Å²) in [6, 6.07) is 34.5. The molecule has 2 unspecified atom stereocenters. The second kappa shape index (κ2) is 11.9. The van der Waals surface area contributed by atoms with Gasteiger partial charge in [-0.15, -0.1) is 0 Å². The van der Waals surface area contributed by atoms with Crippen molar-refractivity contribution in [2.75, 3.05) is 39.6 Å². The molecule has 4 aromatic rings. The van der Waals surface area contributed by atoms with Crippen molar-refractivity contribution in [1.82, 2.24) is 0 Å². The van der Waals surface area contributed by atoms with E-state index in [2.05, 4.69) is 118 Å². The third-order valence-corrected chi connectivity index (χ3v) is 9.14. The molecule has 0 N–H and O–H groups in total. The van der Waals surface area contributed by atoms with Gasteiger partial charge in [-0.2, -0.15) is 0 Å². The van der Waals surface area contributed by atoms with Crippen LogP contribution in [0.2, 0.25) is 0 Å². The summed E-state index contributed by atoms with van der Waals surface area (Å²) in [6.07, 6.45) is 0.699. The van der Waals surface area contributed by atoms with Crippen LogP contribution in [0.1, 0.15) is 48.6 Å². The highest BCUT2D eigenvalue weighted by Gasteiger charge is 2.33. The van der Waals surface area contributed by atoms with Gasteiger partial charge >= 0.3 is 0 Å². The predicted molar refractivity (Wildman–Crippen MR) is 169 cm³/mol. The van der Waals surface area contributed by atoms with E-state index in [-0.39, 0.29) is 23.7 Å². The van der Waals surface area contributed by atoms with Crippen LogP contribution in [-0.2, 0) is 25.0 Å². The molecule has 7 rings (SSSR count). The average molecular weight is 593 g/mol. The lowest BCUT2D eigenvalue weighted by atomic mass is 9.70. The van der Waals surface area contributed by atoms with E-state index in [4.69, 9.17) is 28.4 Å². The molecule has 228 valence electrons. The first-order valence-corrected chi connectivity index (χ1v) is 15.5. The van der Waals surface area contributed by atoms with Gasteiger partial charge in [0.1, 0.15) is 55.4 Å². The van der Waals surface area contributed by atoms with Crippen molar-refractivity contribution >= 4 is 0 Å². The zero-order valence-electron chi connectivity index (χ0n) is 25.7. The molecule has 6 heteroatoms. The van der Waals surface area contributed by atoms with Gasteiger partial charge in [-0.05, 0) is 71.1 Å². The quantitative estimate of drug-likeness (QED) is 0.120. The van der Waals surface area contributed by atoms with Crippen molar-refractivity contribution in [3.05, 3.63) is 125 Å². The molecule has 0 spiro atoms. The number of rotatable bonds is 14. The van der Waals surface area contributed by atoms with Crippen molar-refractivity contribution < 1.29 is 28.4 Å². The fourth-order valence-electron chi connectivity index (χ4n) is 5.68. The van der Waals surface area contributed by atoms with Crippen LogP contribution in [-0.4, -0.2) is 58.0 Å². The highest BCUT2D eigenvalue weighted by atomic mass is 16.6. The lowest BCUT2D eigenvalue weighted by Crippen LogP contribution is -2.26. The van der Waals surface area contributed by atoms with Gasteiger partial charge in [0.05, 0.1) is 19.8 Å². The normalized spacial score (nSPS) is 21.7. The summed E-state index contributed by atoms with van der Waals surface area (Å²) in [7, 11) is 0. The minimum absolute atomic E-state index is 0.179. The van der Waals surface area contributed by atoms with Gasteiger partial charge < -0.3 is 28.4 Å². The Hall–Kier alpha value is -3.84.